The molecule has 0 aliphatic carbocycles. The summed E-state index contributed by atoms with van der Waals surface area (Å²) in [4.78, 5) is 23.5. The van der Waals surface area contributed by atoms with E-state index in [4.69, 9.17) is 5.11 Å². The van der Waals surface area contributed by atoms with Gasteiger partial charge in [0.2, 0.25) is 5.91 Å². The molecule has 152 valence electrons. The summed E-state index contributed by atoms with van der Waals surface area (Å²) >= 11 is 0. The van der Waals surface area contributed by atoms with Crippen molar-refractivity contribution < 1.29 is 14.7 Å². The van der Waals surface area contributed by atoms with Crippen LogP contribution in [-0.2, 0) is 9.59 Å². The molecular weight excluding hydrogens is 346 g/mol. The van der Waals surface area contributed by atoms with Crippen molar-refractivity contribution in [2.75, 3.05) is 13.6 Å². The van der Waals surface area contributed by atoms with Crippen LogP contribution in [-0.4, -0.2) is 35.5 Å². The molecular formula is C21H39NO3S. The highest BCUT2D eigenvalue weighted by atomic mass is 32.1. The fourth-order valence-corrected chi connectivity index (χ4v) is 2.83. The SMILES string of the molecule is CCCCCCCC/C=C\CCCCCCCC(=O)N(C)CC(=O)O.[S]. The largest absolute Gasteiger partial charge is 0.480 e. The number of carbonyl (C=O) groups excluding carboxylic acids is 1. The molecule has 4 nitrogen and oxygen atoms in total. The first kappa shape index (κ1) is 27.3. The number of carboxylic acid groups (broad SMARTS) is 1. The molecule has 0 bridgehead atoms. The number of rotatable bonds is 17. The third kappa shape index (κ3) is 19.4. The molecule has 5 heteroatoms. The zero-order valence-electron chi connectivity index (χ0n) is 16.9. The van der Waals surface area contributed by atoms with E-state index in [1.807, 2.05) is 0 Å². The van der Waals surface area contributed by atoms with Gasteiger partial charge < -0.3 is 10.0 Å². The fraction of sp³-hybridized carbons (Fsp3) is 0.810. The van der Waals surface area contributed by atoms with Gasteiger partial charge in [0.1, 0.15) is 6.54 Å². The Morgan fingerprint density at radius 3 is 1.77 bits per heavy atom. The highest BCUT2D eigenvalue weighted by Crippen LogP contribution is 2.10. The Labute approximate surface area is 167 Å². The number of carboxylic acids is 1. The smallest absolute Gasteiger partial charge is 0.323 e. The van der Waals surface area contributed by atoms with Gasteiger partial charge in [-0.3, -0.25) is 9.59 Å². The molecule has 0 atom stereocenters. The summed E-state index contributed by atoms with van der Waals surface area (Å²) in [5.41, 5.74) is 0. The lowest BCUT2D eigenvalue weighted by Crippen LogP contribution is -2.31. The molecule has 0 aliphatic heterocycles. The van der Waals surface area contributed by atoms with E-state index in [0.717, 1.165) is 25.7 Å². The van der Waals surface area contributed by atoms with Crippen LogP contribution in [0.5, 0.6) is 0 Å². The number of hydrogen-bond acceptors (Lipinski definition) is 2. The van der Waals surface area contributed by atoms with Gasteiger partial charge in [0.05, 0.1) is 0 Å². The maximum Gasteiger partial charge on any atom is 0.323 e. The van der Waals surface area contributed by atoms with Crippen LogP contribution in [0.1, 0.15) is 96.8 Å². The minimum atomic E-state index is -0.958. The van der Waals surface area contributed by atoms with E-state index in [-0.39, 0.29) is 25.9 Å². The number of nitrogens with zero attached hydrogens (tertiary/aromatic N) is 1. The Bertz CT molecular complexity index is 372. The van der Waals surface area contributed by atoms with Crippen molar-refractivity contribution >= 4 is 25.4 Å². The molecule has 0 aromatic carbocycles. The fourth-order valence-electron chi connectivity index (χ4n) is 2.83. The van der Waals surface area contributed by atoms with Crippen LogP contribution in [0, 0.1) is 0 Å². The Kier molecular flexibility index (Phi) is 21.3. The molecule has 0 rings (SSSR count). The summed E-state index contributed by atoms with van der Waals surface area (Å²) in [7, 11) is 1.55. The van der Waals surface area contributed by atoms with Crippen LogP contribution in [0.2, 0.25) is 0 Å². The Morgan fingerprint density at radius 2 is 1.27 bits per heavy atom. The molecule has 0 unspecified atom stereocenters. The van der Waals surface area contributed by atoms with Gasteiger partial charge in [0, 0.05) is 27.0 Å². The van der Waals surface area contributed by atoms with Gasteiger partial charge in [-0.15, -0.1) is 0 Å². The quantitative estimate of drug-likeness (QED) is 0.239. The molecule has 0 saturated carbocycles. The summed E-state index contributed by atoms with van der Waals surface area (Å²) in [5, 5.41) is 8.64. The van der Waals surface area contributed by atoms with Crippen molar-refractivity contribution in [1.82, 2.24) is 4.90 Å². The number of unbranched alkanes of at least 4 members (excludes halogenated alkanes) is 11. The van der Waals surface area contributed by atoms with Crippen LogP contribution in [0.15, 0.2) is 12.2 Å². The lowest BCUT2D eigenvalue weighted by atomic mass is 10.1. The normalized spacial score (nSPS) is 10.7. The van der Waals surface area contributed by atoms with E-state index in [2.05, 4.69) is 19.1 Å². The average Bonchev–Trinajstić information content (AvgIpc) is 2.57. The summed E-state index contributed by atoms with van der Waals surface area (Å²) in [6.07, 6.45) is 21.1. The van der Waals surface area contributed by atoms with Gasteiger partial charge >= 0.3 is 5.97 Å². The molecule has 0 aromatic rings. The van der Waals surface area contributed by atoms with Crippen LogP contribution < -0.4 is 0 Å². The number of aliphatic carboxylic acids is 1. The standard InChI is InChI=1S/C21H39NO3.S/c1-3-4-5-6-7-8-9-10-11-12-13-14-15-16-17-18-20(23)22(2)19-21(24)25;/h10-11H,3-9,12-19H2,1-2H3,(H,24,25);/b11-10-;. The Balaban J connectivity index is 0. The Hall–Kier alpha value is -0.970. The van der Waals surface area contributed by atoms with Crippen LogP contribution in [0.25, 0.3) is 0 Å². The van der Waals surface area contributed by atoms with Crippen molar-refractivity contribution in [2.24, 2.45) is 0 Å². The second-order valence-electron chi connectivity index (χ2n) is 6.98. The van der Waals surface area contributed by atoms with Gasteiger partial charge in [-0.05, 0) is 32.1 Å². The van der Waals surface area contributed by atoms with Crippen LogP contribution >= 0.6 is 13.5 Å². The van der Waals surface area contributed by atoms with Gasteiger partial charge in [-0.2, -0.15) is 0 Å². The molecule has 2 radical (unpaired) electrons. The van der Waals surface area contributed by atoms with Crippen molar-refractivity contribution in [2.45, 2.75) is 96.8 Å². The molecule has 0 fully saturated rings. The number of amides is 1. The van der Waals surface area contributed by atoms with Crippen molar-refractivity contribution in [3.05, 3.63) is 12.2 Å². The maximum atomic E-state index is 11.7. The third-order valence-corrected chi connectivity index (χ3v) is 4.45. The summed E-state index contributed by atoms with van der Waals surface area (Å²) in [6.45, 7) is 2.05. The van der Waals surface area contributed by atoms with Crippen molar-refractivity contribution in [3.8, 4) is 0 Å². The zero-order chi connectivity index (χ0) is 18.8. The molecule has 1 N–H and O–H groups in total. The maximum absolute atomic E-state index is 11.7. The molecule has 0 heterocycles. The highest BCUT2D eigenvalue weighted by Gasteiger charge is 2.10. The van der Waals surface area contributed by atoms with E-state index >= 15 is 0 Å². The number of carbonyl (C=O) groups is 2. The summed E-state index contributed by atoms with van der Waals surface area (Å²) in [5.74, 6) is -1.03. The highest BCUT2D eigenvalue weighted by molar-refractivity contribution is 7.59. The first-order valence-electron chi connectivity index (χ1n) is 10.2. The van der Waals surface area contributed by atoms with Crippen LogP contribution in [0.4, 0.5) is 0 Å². The number of likely N-dealkylation sites (N-methyl/N-ethyl adjacent to an activating group) is 1. The van der Waals surface area contributed by atoms with E-state index < -0.39 is 5.97 Å². The van der Waals surface area contributed by atoms with E-state index in [0.29, 0.717) is 6.42 Å². The monoisotopic (exact) mass is 385 g/mol. The first-order chi connectivity index (χ1) is 12.1. The minimum Gasteiger partial charge on any atom is -0.480 e. The Morgan fingerprint density at radius 1 is 0.808 bits per heavy atom. The predicted molar refractivity (Wildman–Crippen MR) is 112 cm³/mol. The van der Waals surface area contributed by atoms with E-state index in [1.54, 1.807) is 7.05 Å². The molecule has 0 spiro atoms. The van der Waals surface area contributed by atoms with Crippen molar-refractivity contribution in [3.63, 3.8) is 0 Å². The number of hydrogen-bond donors (Lipinski definition) is 1. The molecule has 1 amide bonds. The topological polar surface area (TPSA) is 57.6 Å². The first-order valence-corrected chi connectivity index (χ1v) is 10.2. The molecule has 26 heavy (non-hydrogen) atoms. The third-order valence-electron chi connectivity index (χ3n) is 4.45. The van der Waals surface area contributed by atoms with Crippen molar-refractivity contribution in [1.29, 1.82) is 0 Å². The minimum absolute atomic E-state index is 0. The lowest BCUT2D eigenvalue weighted by Gasteiger charge is -2.14. The molecule has 0 aromatic heterocycles. The molecule has 0 aliphatic rings. The molecule has 0 saturated heterocycles. The lowest BCUT2D eigenvalue weighted by molar-refractivity contribution is -0.143. The summed E-state index contributed by atoms with van der Waals surface area (Å²) in [6, 6.07) is 0. The second-order valence-corrected chi connectivity index (χ2v) is 6.98. The van der Waals surface area contributed by atoms with Gasteiger partial charge in [0.25, 0.3) is 0 Å². The van der Waals surface area contributed by atoms with Gasteiger partial charge in [-0.1, -0.05) is 70.4 Å². The number of allylic oxidation sites excluding steroid dienone is 2. The van der Waals surface area contributed by atoms with E-state index in [1.165, 1.54) is 62.7 Å². The average molecular weight is 386 g/mol. The van der Waals surface area contributed by atoms with Crippen LogP contribution in [0.3, 0.4) is 0 Å². The second kappa shape index (κ2) is 20.3. The van der Waals surface area contributed by atoms with Gasteiger partial charge in [0.15, 0.2) is 0 Å². The van der Waals surface area contributed by atoms with Gasteiger partial charge in [-0.25, -0.2) is 0 Å². The van der Waals surface area contributed by atoms with E-state index in [9.17, 15) is 9.59 Å². The zero-order valence-corrected chi connectivity index (χ0v) is 17.7. The summed E-state index contributed by atoms with van der Waals surface area (Å²) < 4.78 is 0. The predicted octanol–water partition coefficient (Wildman–Crippen LogP) is 6.22.